The van der Waals surface area contributed by atoms with Gasteiger partial charge in [-0.3, -0.25) is 19.4 Å². The zero-order valence-electron chi connectivity index (χ0n) is 14.6. The Balaban J connectivity index is 1.92. The monoisotopic (exact) mass is 339 g/mol. The van der Waals surface area contributed by atoms with Crippen LogP contribution in [-0.4, -0.2) is 41.6 Å². The fourth-order valence-corrected chi connectivity index (χ4v) is 2.19. The number of nitrogens with zero attached hydrogens (tertiary/aromatic N) is 2. The van der Waals surface area contributed by atoms with Crippen molar-refractivity contribution in [3.05, 3.63) is 59.4 Å². The van der Waals surface area contributed by atoms with Crippen LogP contribution in [0.25, 0.3) is 0 Å². The maximum atomic E-state index is 12.1. The Kier molecular flexibility index (Phi) is 6.00. The number of amides is 2. The van der Waals surface area contributed by atoms with Crippen molar-refractivity contribution < 1.29 is 14.4 Å². The number of Topliss-reactive ketones (excluding diaryl/α,β-unsaturated/α-hetero) is 1. The molecular formula is C19H21N3O3. The van der Waals surface area contributed by atoms with Gasteiger partial charge in [-0.25, -0.2) is 0 Å². The summed E-state index contributed by atoms with van der Waals surface area (Å²) in [5.41, 5.74) is 2.41. The highest BCUT2D eigenvalue weighted by atomic mass is 16.2. The highest BCUT2D eigenvalue weighted by Crippen LogP contribution is 2.12. The van der Waals surface area contributed by atoms with Crippen molar-refractivity contribution in [2.24, 2.45) is 0 Å². The van der Waals surface area contributed by atoms with Gasteiger partial charge in [-0.1, -0.05) is 29.8 Å². The molecule has 0 aliphatic heterocycles. The molecule has 0 saturated heterocycles. The number of aromatic nitrogens is 1. The smallest absolute Gasteiger partial charge is 0.272 e. The van der Waals surface area contributed by atoms with E-state index in [9.17, 15) is 14.4 Å². The van der Waals surface area contributed by atoms with Crippen molar-refractivity contribution >= 4 is 23.3 Å². The summed E-state index contributed by atoms with van der Waals surface area (Å²) in [6.45, 7) is 1.95. The van der Waals surface area contributed by atoms with E-state index in [1.807, 2.05) is 19.1 Å². The van der Waals surface area contributed by atoms with Gasteiger partial charge in [0.15, 0.2) is 5.78 Å². The lowest BCUT2D eigenvalue weighted by atomic mass is 10.0. The topological polar surface area (TPSA) is 79.4 Å². The SMILES string of the molecule is Cc1ccc(C(=O)CCC(=O)Nc2ccnc(C(=O)N(C)C)c2)cc1. The molecule has 0 aliphatic carbocycles. The second kappa shape index (κ2) is 8.19. The Morgan fingerprint density at radius 1 is 1.04 bits per heavy atom. The summed E-state index contributed by atoms with van der Waals surface area (Å²) in [4.78, 5) is 41.4. The Morgan fingerprint density at radius 3 is 2.36 bits per heavy atom. The molecule has 2 amide bonds. The summed E-state index contributed by atoms with van der Waals surface area (Å²) in [6, 6.07) is 10.4. The van der Waals surface area contributed by atoms with Crippen molar-refractivity contribution in [2.75, 3.05) is 19.4 Å². The average Bonchev–Trinajstić information content (AvgIpc) is 2.59. The lowest BCUT2D eigenvalue weighted by Crippen LogP contribution is -2.23. The van der Waals surface area contributed by atoms with Crippen LogP contribution < -0.4 is 5.32 Å². The van der Waals surface area contributed by atoms with Crippen LogP contribution >= 0.6 is 0 Å². The van der Waals surface area contributed by atoms with E-state index >= 15 is 0 Å². The molecule has 1 N–H and O–H groups in total. The van der Waals surface area contributed by atoms with E-state index in [4.69, 9.17) is 0 Å². The zero-order chi connectivity index (χ0) is 18.4. The van der Waals surface area contributed by atoms with Gasteiger partial charge >= 0.3 is 0 Å². The first kappa shape index (κ1) is 18.3. The van der Waals surface area contributed by atoms with Gasteiger partial charge in [-0.15, -0.1) is 0 Å². The molecule has 2 rings (SSSR count). The minimum Gasteiger partial charge on any atom is -0.343 e. The van der Waals surface area contributed by atoms with Crippen molar-refractivity contribution in [1.29, 1.82) is 0 Å². The number of pyridine rings is 1. The molecule has 130 valence electrons. The number of benzene rings is 1. The maximum absolute atomic E-state index is 12.1. The molecule has 1 aromatic carbocycles. The maximum Gasteiger partial charge on any atom is 0.272 e. The number of ketones is 1. The molecule has 0 spiro atoms. The van der Waals surface area contributed by atoms with E-state index in [1.165, 1.54) is 17.2 Å². The molecule has 0 radical (unpaired) electrons. The molecule has 1 aromatic heterocycles. The average molecular weight is 339 g/mol. The second-order valence-electron chi connectivity index (χ2n) is 5.97. The van der Waals surface area contributed by atoms with Crippen LogP contribution in [0.2, 0.25) is 0 Å². The summed E-state index contributed by atoms with van der Waals surface area (Å²) in [5.74, 6) is -0.603. The number of nitrogens with one attached hydrogen (secondary N) is 1. The number of aryl methyl sites for hydroxylation is 1. The Morgan fingerprint density at radius 2 is 1.72 bits per heavy atom. The number of rotatable bonds is 6. The number of hydrogen-bond donors (Lipinski definition) is 1. The first-order valence-electron chi connectivity index (χ1n) is 7.94. The van der Waals surface area contributed by atoms with Gasteiger partial charge in [0.25, 0.3) is 5.91 Å². The normalized spacial score (nSPS) is 10.2. The van der Waals surface area contributed by atoms with Gasteiger partial charge in [0.05, 0.1) is 0 Å². The van der Waals surface area contributed by atoms with E-state index in [0.29, 0.717) is 11.3 Å². The molecule has 1 heterocycles. The molecule has 0 unspecified atom stereocenters. The highest BCUT2D eigenvalue weighted by Gasteiger charge is 2.12. The molecule has 0 atom stereocenters. The van der Waals surface area contributed by atoms with Gasteiger partial charge in [-0.2, -0.15) is 0 Å². The third-order valence-corrected chi connectivity index (χ3v) is 3.62. The fraction of sp³-hybridized carbons (Fsp3) is 0.263. The standard InChI is InChI=1S/C19H21N3O3/c1-13-4-6-14(7-5-13)17(23)8-9-18(24)21-15-10-11-20-16(12-15)19(25)22(2)3/h4-7,10-12H,8-9H2,1-3H3,(H,20,21,24). The van der Waals surface area contributed by atoms with Gasteiger partial charge in [0.1, 0.15) is 5.69 Å². The van der Waals surface area contributed by atoms with Crippen LogP contribution in [0.1, 0.15) is 39.3 Å². The largest absolute Gasteiger partial charge is 0.343 e. The first-order valence-corrected chi connectivity index (χ1v) is 7.94. The molecule has 0 saturated carbocycles. The summed E-state index contributed by atoms with van der Waals surface area (Å²) in [5, 5.41) is 2.69. The van der Waals surface area contributed by atoms with Crippen molar-refractivity contribution in [1.82, 2.24) is 9.88 Å². The molecule has 6 heteroatoms. The molecule has 6 nitrogen and oxygen atoms in total. The number of carbonyl (C=O) groups is 3. The van der Waals surface area contributed by atoms with E-state index in [-0.39, 0.29) is 36.1 Å². The summed E-state index contributed by atoms with van der Waals surface area (Å²) >= 11 is 0. The van der Waals surface area contributed by atoms with E-state index in [1.54, 1.807) is 32.3 Å². The van der Waals surface area contributed by atoms with E-state index in [2.05, 4.69) is 10.3 Å². The van der Waals surface area contributed by atoms with Gasteiger partial charge < -0.3 is 10.2 Å². The van der Waals surface area contributed by atoms with Crippen LogP contribution in [0.15, 0.2) is 42.6 Å². The number of carbonyl (C=O) groups excluding carboxylic acids is 3. The summed E-state index contributed by atoms with van der Waals surface area (Å²) in [6.07, 6.45) is 1.67. The molecule has 25 heavy (non-hydrogen) atoms. The lowest BCUT2D eigenvalue weighted by Gasteiger charge is -2.10. The predicted octanol–water partition coefficient (Wildman–Crippen LogP) is 2.69. The number of anilines is 1. The summed E-state index contributed by atoms with van der Waals surface area (Å²) < 4.78 is 0. The fourth-order valence-electron chi connectivity index (χ4n) is 2.19. The van der Waals surface area contributed by atoms with Gasteiger partial charge in [-0.05, 0) is 19.1 Å². The Labute approximate surface area is 146 Å². The van der Waals surface area contributed by atoms with Crippen LogP contribution in [-0.2, 0) is 4.79 Å². The van der Waals surface area contributed by atoms with E-state index < -0.39 is 0 Å². The molecular weight excluding hydrogens is 318 g/mol. The van der Waals surface area contributed by atoms with Crippen molar-refractivity contribution in [2.45, 2.75) is 19.8 Å². The second-order valence-corrected chi connectivity index (χ2v) is 5.97. The Bertz CT molecular complexity index is 783. The highest BCUT2D eigenvalue weighted by molar-refractivity contribution is 6.00. The summed E-state index contributed by atoms with van der Waals surface area (Å²) in [7, 11) is 3.26. The zero-order valence-corrected chi connectivity index (χ0v) is 14.6. The van der Waals surface area contributed by atoms with Crippen LogP contribution in [0, 0.1) is 6.92 Å². The quantitative estimate of drug-likeness (QED) is 0.821. The third kappa shape index (κ3) is 5.24. The third-order valence-electron chi connectivity index (χ3n) is 3.62. The predicted molar refractivity (Wildman–Crippen MR) is 95.6 cm³/mol. The molecule has 0 fully saturated rings. The minimum absolute atomic E-state index is 0.0754. The Hall–Kier alpha value is -3.02. The van der Waals surface area contributed by atoms with E-state index in [0.717, 1.165) is 5.56 Å². The first-order chi connectivity index (χ1) is 11.9. The number of hydrogen-bond acceptors (Lipinski definition) is 4. The van der Waals surface area contributed by atoms with Crippen LogP contribution in [0.3, 0.4) is 0 Å². The molecule has 2 aromatic rings. The van der Waals surface area contributed by atoms with Crippen molar-refractivity contribution in [3.63, 3.8) is 0 Å². The van der Waals surface area contributed by atoms with Gasteiger partial charge in [0, 0.05) is 44.4 Å². The lowest BCUT2D eigenvalue weighted by molar-refractivity contribution is -0.116. The molecule has 0 aliphatic rings. The van der Waals surface area contributed by atoms with Crippen molar-refractivity contribution in [3.8, 4) is 0 Å². The van der Waals surface area contributed by atoms with Gasteiger partial charge in [0.2, 0.25) is 5.91 Å². The van der Waals surface area contributed by atoms with Crippen LogP contribution in [0.5, 0.6) is 0 Å². The minimum atomic E-state index is -0.282. The van der Waals surface area contributed by atoms with Crippen LogP contribution in [0.4, 0.5) is 5.69 Å². The molecule has 0 bridgehead atoms.